The zero-order chi connectivity index (χ0) is 15.8. The highest BCUT2D eigenvalue weighted by Crippen LogP contribution is 2.26. The summed E-state index contributed by atoms with van der Waals surface area (Å²) in [5, 5.41) is 0. The van der Waals surface area contributed by atoms with E-state index >= 15 is 0 Å². The summed E-state index contributed by atoms with van der Waals surface area (Å²) in [4.78, 5) is 2.42. The molecular formula is C18H31FN2. The molecule has 0 aliphatic carbocycles. The molecule has 2 unspecified atom stereocenters. The SMILES string of the molecule is CCCCN(c1ccc(F)cc1CC(N)CC)C(C)CC. The summed E-state index contributed by atoms with van der Waals surface area (Å²) in [5.74, 6) is -0.170. The van der Waals surface area contributed by atoms with Gasteiger partial charge in [-0.15, -0.1) is 0 Å². The number of nitrogens with zero attached hydrogens (tertiary/aromatic N) is 1. The summed E-state index contributed by atoms with van der Waals surface area (Å²) >= 11 is 0. The monoisotopic (exact) mass is 294 g/mol. The fourth-order valence-electron chi connectivity index (χ4n) is 2.55. The van der Waals surface area contributed by atoms with E-state index in [0.717, 1.165) is 49.9 Å². The van der Waals surface area contributed by atoms with E-state index in [1.165, 1.54) is 0 Å². The van der Waals surface area contributed by atoms with E-state index in [1.54, 1.807) is 12.1 Å². The minimum Gasteiger partial charge on any atom is -0.369 e. The van der Waals surface area contributed by atoms with Crippen molar-refractivity contribution in [2.45, 2.75) is 71.9 Å². The molecule has 0 amide bonds. The van der Waals surface area contributed by atoms with Crippen molar-refractivity contribution in [1.82, 2.24) is 0 Å². The Kier molecular flexibility index (Phi) is 7.73. The zero-order valence-electron chi connectivity index (χ0n) is 14.0. The lowest BCUT2D eigenvalue weighted by molar-refractivity contribution is 0.582. The van der Waals surface area contributed by atoms with Crippen LogP contribution in [0.2, 0.25) is 0 Å². The van der Waals surface area contributed by atoms with E-state index in [-0.39, 0.29) is 11.9 Å². The summed E-state index contributed by atoms with van der Waals surface area (Å²) in [5.41, 5.74) is 8.29. The molecule has 0 saturated heterocycles. The Bertz CT molecular complexity index is 420. The van der Waals surface area contributed by atoms with Crippen molar-refractivity contribution in [2.75, 3.05) is 11.4 Å². The summed E-state index contributed by atoms with van der Waals surface area (Å²) in [6.45, 7) is 9.74. The molecule has 2 nitrogen and oxygen atoms in total. The maximum Gasteiger partial charge on any atom is 0.123 e. The van der Waals surface area contributed by atoms with Crippen molar-refractivity contribution >= 4 is 5.69 Å². The first-order valence-corrected chi connectivity index (χ1v) is 8.34. The lowest BCUT2D eigenvalue weighted by Gasteiger charge is -2.33. The van der Waals surface area contributed by atoms with Gasteiger partial charge in [-0.25, -0.2) is 4.39 Å². The van der Waals surface area contributed by atoms with Crippen LogP contribution in [0.3, 0.4) is 0 Å². The largest absolute Gasteiger partial charge is 0.369 e. The van der Waals surface area contributed by atoms with Gasteiger partial charge in [-0.2, -0.15) is 0 Å². The third-order valence-electron chi connectivity index (χ3n) is 4.23. The fourth-order valence-corrected chi connectivity index (χ4v) is 2.55. The first-order chi connectivity index (χ1) is 10.0. The van der Waals surface area contributed by atoms with E-state index in [4.69, 9.17) is 5.73 Å². The molecule has 2 atom stereocenters. The van der Waals surface area contributed by atoms with Gasteiger partial charge in [-0.3, -0.25) is 0 Å². The average molecular weight is 294 g/mol. The van der Waals surface area contributed by atoms with Crippen molar-refractivity contribution in [1.29, 1.82) is 0 Å². The molecule has 0 saturated carbocycles. The van der Waals surface area contributed by atoms with Gasteiger partial charge in [-0.05, 0) is 56.4 Å². The molecule has 0 radical (unpaired) electrons. The van der Waals surface area contributed by atoms with Gasteiger partial charge in [0.2, 0.25) is 0 Å². The molecule has 0 aliphatic heterocycles. The van der Waals surface area contributed by atoms with E-state index in [9.17, 15) is 4.39 Å². The highest BCUT2D eigenvalue weighted by molar-refractivity contribution is 5.55. The van der Waals surface area contributed by atoms with E-state index in [2.05, 4.69) is 32.6 Å². The highest BCUT2D eigenvalue weighted by atomic mass is 19.1. The molecule has 0 fully saturated rings. The van der Waals surface area contributed by atoms with E-state index < -0.39 is 0 Å². The molecular weight excluding hydrogens is 263 g/mol. The van der Waals surface area contributed by atoms with E-state index in [0.29, 0.717) is 6.04 Å². The van der Waals surface area contributed by atoms with Gasteiger partial charge in [-0.1, -0.05) is 27.2 Å². The molecule has 120 valence electrons. The second-order valence-electron chi connectivity index (χ2n) is 5.95. The van der Waals surface area contributed by atoms with E-state index in [1.807, 2.05) is 6.07 Å². The Morgan fingerprint density at radius 1 is 1.19 bits per heavy atom. The van der Waals surface area contributed by atoms with Crippen LogP contribution in [0.5, 0.6) is 0 Å². The molecule has 21 heavy (non-hydrogen) atoms. The van der Waals surface area contributed by atoms with Gasteiger partial charge in [0.1, 0.15) is 5.82 Å². The number of anilines is 1. The Labute approximate surface area is 129 Å². The summed E-state index contributed by atoms with van der Waals surface area (Å²) in [6, 6.07) is 5.70. The van der Waals surface area contributed by atoms with Crippen LogP contribution in [0.1, 0.15) is 58.9 Å². The van der Waals surface area contributed by atoms with Crippen LogP contribution in [0.4, 0.5) is 10.1 Å². The smallest absolute Gasteiger partial charge is 0.123 e. The Balaban J connectivity index is 3.10. The number of hydrogen-bond donors (Lipinski definition) is 1. The summed E-state index contributed by atoms with van der Waals surface area (Å²) in [7, 11) is 0. The minimum absolute atomic E-state index is 0.0931. The quantitative estimate of drug-likeness (QED) is 0.726. The molecule has 0 spiro atoms. The van der Waals surface area contributed by atoms with Crippen molar-refractivity contribution in [3.8, 4) is 0 Å². The van der Waals surface area contributed by atoms with Crippen molar-refractivity contribution in [3.05, 3.63) is 29.6 Å². The predicted molar refractivity (Wildman–Crippen MR) is 90.4 cm³/mol. The number of benzene rings is 1. The number of unbranched alkanes of at least 4 members (excludes halogenated alkanes) is 1. The Hall–Kier alpha value is -1.09. The standard InChI is InChI=1S/C18H31FN2/c1-5-8-11-21(14(4)6-2)18-10-9-16(19)12-15(18)13-17(20)7-3/h9-10,12,14,17H,5-8,11,13,20H2,1-4H3. The van der Waals surface area contributed by atoms with Crippen LogP contribution < -0.4 is 10.6 Å². The lowest BCUT2D eigenvalue weighted by atomic mass is 10.0. The van der Waals surface area contributed by atoms with Gasteiger partial charge >= 0.3 is 0 Å². The third-order valence-corrected chi connectivity index (χ3v) is 4.23. The van der Waals surface area contributed by atoms with Crippen LogP contribution in [0.15, 0.2) is 18.2 Å². The highest BCUT2D eigenvalue weighted by Gasteiger charge is 2.17. The molecule has 0 aromatic heterocycles. The van der Waals surface area contributed by atoms with Crippen LogP contribution in [-0.2, 0) is 6.42 Å². The predicted octanol–water partition coefficient (Wildman–Crippen LogP) is 4.51. The second-order valence-corrected chi connectivity index (χ2v) is 5.95. The fraction of sp³-hybridized carbons (Fsp3) is 0.667. The first kappa shape index (κ1) is 18.0. The number of hydrogen-bond acceptors (Lipinski definition) is 2. The minimum atomic E-state index is -0.170. The third kappa shape index (κ3) is 5.31. The lowest BCUT2D eigenvalue weighted by Crippen LogP contribution is -2.35. The number of halogens is 1. The summed E-state index contributed by atoms with van der Waals surface area (Å²) in [6.07, 6.45) is 5.05. The zero-order valence-corrected chi connectivity index (χ0v) is 14.0. The number of nitrogens with two attached hydrogens (primary N) is 1. The molecule has 0 bridgehead atoms. The average Bonchev–Trinajstić information content (AvgIpc) is 2.48. The van der Waals surface area contributed by atoms with Crippen molar-refractivity contribution in [2.24, 2.45) is 5.73 Å². The van der Waals surface area contributed by atoms with Gasteiger partial charge in [0, 0.05) is 24.3 Å². The molecule has 0 heterocycles. The maximum absolute atomic E-state index is 13.6. The molecule has 3 heteroatoms. The topological polar surface area (TPSA) is 29.3 Å². The van der Waals surface area contributed by atoms with Crippen molar-refractivity contribution < 1.29 is 4.39 Å². The van der Waals surface area contributed by atoms with Crippen LogP contribution in [-0.4, -0.2) is 18.6 Å². The van der Waals surface area contributed by atoms with Crippen LogP contribution in [0, 0.1) is 5.82 Å². The number of rotatable bonds is 9. The second kappa shape index (κ2) is 9.04. The molecule has 0 aliphatic rings. The molecule has 1 aromatic rings. The van der Waals surface area contributed by atoms with Gasteiger partial charge in [0.05, 0.1) is 0 Å². The normalized spacial score (nSPS) is 14.0. The first-order valence-electron chi connectivity index (χ1n) is 8.34. The summed E-state index contributed by atoms with van der Waals surface area (Å²) < 4.78 is 13.6. The van der Waals surface area contributed by atoms with Gasteiger partial charge in [0.15, 0.2) is 0 Å². The Morgan fingerprint density at radius 2 is 1.90 bits per heavy atom. The van der Waals surface area contributed by atoms with Crippen LogP contribution >= 0.6 is 0 Å². The van der Waals surface area contributed by atoms with Crippen LogP contribution in [0.25, 0.3) is 0 Å². The molecule has 1 aromatic carbocycles. The maximum atomic E-state index is 13.6. The molecule has 2 N–H and O–H groups in total. The van der Waals surface area contributed by atoms with Gasteiger partial charge in [0.25, 0.3) is 0 Å². The molecule has 1 rings (SSSR count). The van der Waals surface area contributed by atoms with Crippen molar-refractivity contribution in [3.63, 3.8) is 0 Å². The Morgan fingerprint density at radius 3 is 2.48 bits per heavy atom. The van der Waals surface area contributed by atoms with Gasteiger partial charge < -0.3 is 10.6 Å².